The highest BCUT2D eigenvalue weighted by Gasteiger charge is 2.14. The number of nitrogens with zero attached hydrogens (tertiary/aromatic N) is 2. The Kier molecular flexibility index (Phi) is 4.16. The number of ether oxygens (including phenoxy) is 1. The first-order valence-electron chi connectivity index (χ1n) is 6.93. The van der Waals surface area contributed by atoms with Crippen LogP contribution in [-0.2, 0) is 11.3 Å². The molecule has 2 aromatic rings. The molecule has 1 saturated heterocycles. The average molecular weight is 287 g/mol. The molecule has 0 unspecified atom stereocenters. The van der Waals surface area contributed by atoms with Gasteiger partial charge in [0.15, 0.2) is 0 Å². The summed E-state index contributed by atoms with van der Waals surface area (Å²) in [6.07, 6.45) is 1.58. The van der Waals surface area contributed by atoms with E-state index in [0.717, 1.165) is 18.9 Å². The summed E-state index contributed by atoms with van der Waals surface area (Å²) in [7, 11) is 0. The molecule has 6 nitrogen and oxygen atoms in total. The van der Waals surface area contributed by atoms with Crippen LogP contribution in [0.3, 0.4) is 0 Å². The summed E-state index contributed by atoms with van der Waals surface area (Å²) in [5.41, 5.74) is 0.408. The Morgan fingerprint density at radius 1 is 1.24 bits per heavy atom. The van der Waals surface area contributed by atoms with Crippen LogP contribution >= 0.6 is 0 Å². The Bertz CT molecular complexity index is 592. The summed E-state index contributed by atoms with van der Waals surface area (Å²) in [4.78, 5) is 18.7. The topological polar surface area (TPSA) is 67.6 Å². The summed E-state index contributed by atoms with van der Waals surface area (Å²) in [6, 6.07) is 9.08. The van der Waals surface area contributed by atoms with Gasteiger partial charge in [0.05, 0.1) is 26.0 Å². The Balaban J connectivity index is 1.65. The third-order valence-electron chi connectivity index (χ3n) is 3.31. The van der Waals surface area contributed by atoms with Gasteiger partial charge in [0.2, 0.25) is 0 Å². The van der Waals surface area contributed by atoms with Crippen LogP contribution in [0.1, 0.15) is 16.2 Å². The lowest BCUT2D eigenvalue weighted by atomic mass is 10.3. The number of nitrogens with one attached hydrogen (secondary N) is 1. The number of anilines is 1. The number of hydrogen-bond donors (Lipinski definition) is 1. The smallest absolute Gasteiger partial charge is 0.270 e. The molecule has 3 rings (SSSR count). The number of pyridine rings is 1. The highest BCUT2D eigenvalue weighted by Crippen LogP contribution is 2.13. The molecule has 1 aliphatic heterocycles. The molecule has 3 heterocycles. The minimum Gasteiger partial charge on any atom is -0.467 e. The van der Waals surface area contributed by atoms with E-state index in [4.69, 9.17) is 9.15 Å². The van der Waals surface area contributed by atoms with Gasteiger partial charge in [-0.15, -0.1) is 0 Å². The molecule has 21 heavy (non-hydrogen) atoms. The van der Waals surface area contributed by atoms with E-state index in [1.54, 1.807) is 18.4 Å². The molecule has 110 valence electrons. The molecule has 0 saturated carbocycles. The first-order valence-corrected chi connectivity index (χ1v) is 6.93. The first-order chi connectivity index (χ1) is 10.3. The van der Waals surface area contributed by atoms with Crippen molar-refractivity contribution in [2.24, 2.45) is 0 Å². The maximum absolute atomic E-state index is 12.1. The van der Waals surface area contributed by atoms with Gasteiger partial charge in [-0.3, -0.25) is 4.79 Å². The van der Waals surface area contributed by atoms with Crippen LogP contribution in [0.4, 0.5) is 5.82 Å². The number of carbonyl (C=O) groups excluding carboxylic acids is 1. The van der Waals surface area contributed by atoms with Crippen molar-refractivity contribution in [3.8, 4) is 0 Å². The zero-order valence-electron chi connectivity index (χ0n) is 11.6. The fraction of sp³-hybridized carbons (Fsp3) is 0.333. The van der Waals surface area contributed by atoms with Gasteiger partial charge in [0.25, 0.3) is 5.91 Å². The average Bonchev–Trinajstić information content (AvgIpc) is 3.07. The predicted molar refractivity (Wildman–Crippen MR) is 77.1 cm³/mol. The molecule has 0 atom stereocenters. The fourth-order valence-corrected chi connectivity index (χ4v) is 2.19. The normalized spacial score (nSPS) is 15.0. The SMILES string of the molecule is O=C(NCc1ccco1)c1cccc(N2CCOCC2)n1. The minimum atomic E-state index is -0.207. The third kappa shape index (κ3) is 3.41. The maximum atomic E-state index is 12.1. The largest absolute Gasteiger partial charge is 0.467 e. The second kappa shape index (κ2) is 6.41. The summed E-state index contributed by atoms with van der Waals surface area (Å²) in [5, 5.41) is 2.79. The van der Waals surface area contributed by atoms with Crippen LogP contribution in [0, 0.1) is 0 Å². The Morgan fingerprint density at radius 3 is 2.86 bits per heavy atom. The zero-order valence-corrected chi connectivity index (χ0v) is 11.6. The van der Waals surface area contributed by atoms with Crippen LogP contribution in [-0.4, -0.2) is 37.2 Å². The molecule has 0 bridgehead atoms. The second-order valence-electron chi connectivity index (χ2n) is 4.74. The zero-order chi connectivity index (χ0) is 14.5. The highest BCUT2D eigenvalue weighted by molar-refractivity contribution is 5.92. The van der Waals surface area contributed by atoms with Crippen molar-refractivity contribution in [2.45, 2.75) is 6.54 Å². The molecule has 0 spiro atoms. The van der Waals surface area contributed by atoms with Gasteiger partial charge >= 0.3 is 0 Å². The Morgan fingerprint density at radius 2 is 2.10 bits per heavy atom. The molecule has 1 N–H and O–H groups in total. The van der Waals surface area contributed by atoms with Crippen molar-refractivity contribution in [2.75, 3.05) is 31.2 Å². The summed E-state index contributed by atoms with van der Waals surface area (Å²) >= 11 is 0. The number of amides is 1. The van der Waals surface area contributed by atoms with E-state index in [0.29, 0.717) is 31.2 Å². The molecule has 0 radical (unpaired) electrons. The van der Waals surface area contributed by atoms with E-state index in [1.165, 1.54) is 0 Å². The monoisotopic (exact) mass is 287 g/mol. The van der Waals surface area contributed by atoms with Crippen molar-refractivity contribution >= 4 is 11.7 Å². The number of furan rings is 1. The molecule has 0 aromatic carbocycles. The van der Waals surface area contributed by atoms with Gasteiger partial charge in [-0.25, -0.2) is 4.98 Å². The lowest BCUT2D eigenvalue weighted by Crippen LogP contribution is -2.37. The molecule has 6 heteroatoms. The lowest BCUT2D eigenvalue weighted by Gasteiger charge is -2.27. The number of morpholine rings is 1. The molecule has 2 aromatic heterocycles. The van der Waals surface area contributed by atoms with E-state index in [2.05, 4.69) is 15.2 Å². The van der Waals surface area contributed by atoms with Gasteiger partial charge in [-0.2, -0.15) is 0 Å². The van der Waals surface area contributed by atoms with Crippen LogP contribution in [0.25, 0.3) is 0 Å². The van der Waals surface area contributed by atoms with Gasteiger partial charge < -0.3 is 19.4 Å². The standard InChI is InChI=1S/C15H17N3O3/c19-15(16-11-12-3-2-8-21-12)13-4-1-5-14(17-13)18-6-9-20-10-7-18/h1-5,8H,6-7,9-11H2,(H,16,19). The van der Waals surface area contributed by atoms with Crippen molar-refractivity contribution in [3.05, 3.63) is 48.0 Å². The van der Waals surface area contributed by atoms with Crippen LogP contribution in [0.5, 0.6) is 0 Å². The summed E-state index contributed by atoms with van der Waals surface area (Å²) < 4.78 is 10.5. The van der Waals surface area contributed by atoms with Gasteiger partial charge in [0, 0.05) is 13.1 Å². The van der Waals surface area contributed by atoms with Crippen molar-refractivity contribution in [3.63, 3.8) is 0 Å². The Hall–Kier alpha value is -2.34. The van der Waals surface area contributed by atoms with E-state index < -0.39 is 0 Å². The van der Waals surface area contributed by atoms with Crippen molar-refractivity contribution in [1.29, 1.82) is 0 Å². The van der Waals surface area contributed by atoms with Crippen LogP contribution < -0.4 is 10.2 Å². The third-order valence-corrected chi connectivity index (χ3v) is 3.31. The lowest BCUT2D eigenvalue weighted by molar-refractivity contribution is 0.0943. The van der Waals surface area contributed by atoms with Gasteiger partial charge in [-0.05, 0) is 24.3 Å². The molecule has 0 aliphatic carbocycles. The van der Waals surface area contributed by atoms with Crippen LogP contribution in [0.2, 0.25) is 0 Å². The van der Waals surface area contributed by atoms with Gasteiger partial charge in [0.1, 0.15) is 17.3 Å². The van der Waals surface area contributed by atoms with E-state index in [1.807, 2.05) is 18.2 Å². The van der Waals surface area contributed by atoms with Crippen molar-refractivity contribution < 1.29 is 13.9 Å². The number of rotatable bonds is 4. The van der Waals surface area contributed by atoms with Crippen molar-refractivity contribution in [1.82, 2.24) is 10.3 Å². The fourth-order valence-electron chi connectivity index (χ4n) is 2.19. The first kappa shape index (κ1) is 13.6. The molecule has 1 aliphatic rings. The summed E-state index contributed by atoms with van der Waals surface area (Å²) in [5.74, 6) is 1.32. The van der Waals surface area contributed by atoms with E-state index >= 15 is 0 Å². The minimum absolute atomic E-state index is 0.207. The number of carbonyl (C=O) groups is 1. The Labute approximate surface area is 122 Å². The molecular formula is C15H17N3O3. The molecule has 1 amide bonds. The highest BCUT2D eigenvalue weighted by atomic mass is 16.5. The maximum Gasteiger partial charge on any atom is 0.270 e. The van der Waals surface area contributed by atoms with E-state index in [9.17, 15) is 4.79 Å². The number of hydrogen-bond acceptors (Lipinski definition) is 5. The summed E-state index contributed by atoms with van der Waals surface area (Å²) in [6.45, 7) is 3.33. The number of aromatic nitrogens is 1. The quantitative estimate of drug-likeness (QED) is 0.921. The van der Waals surface area contributed by atoms with E-state index in [-0.39, 0.29) is 5.91 Å². The predicted octanol–water partition coefficient (Wildman–Crippen LogP) is 1.44. The van der Waals surface area contributed by atoms with Crippen LogP contribution in [0.15, 0.2) is 41.0 Å². The second-order valence-corrected chi connectivity index (χ2v) is 4.74. The molecular weight excluding hydrogens is 270 g/mol. The van der Waals surface area contributed by atoms with Gasteiger partial charge in [-0.1, -0.05) is 6.07 Å². The molecule has 1 fully saturated rings.